The molecule has 15 heavy (non-hydrogen) atoms. The zero-order valence-corrected chi connectivity index (χ0v) is 9.04. The maximum atomic E-state index is 13.4. The third-order valence-corrected chi connectivity index (χ3v) is 2.43. The molecule has 0 aliphatic heterocycles. The highest BCUT2D eigenvalue weighted by molar-refractivity contribution is 5.17. The first kappa shape index (κ1) is 11.9. The van der Waals surface area contributed by atoms with Gasteiger partial charge in [-0.15, -0.1) is 6.58 Å². The molecule has 0 saturated heterocycles. The topological polar surface area (TPSA) is 24.9 Å². The zero-order chi connectivity index (χ0) is 11.1. The fourth-order valence-corrected chi connectivity index (χ4v) is 1.59. The molecule has 1 rings (SSSR count). The van der Waals surface area contributed by atoms with Crippen molar-refractivity contribution in [3.05, 3.63) is 42.5 Å². The summed E-state index contributed by atoms with van der Waals surface area (Å²) in [6, 6.07) is 1.79. The Labute approximate surface area is 90.2 Å². The van der Waals surface area contributed by atoms with Crippen LogP contribution in [0.4, 0.5) is 4.39 Å². The Hall–Kier alpha value is -1.22. The van der Waals surface area contributed by atoms with Crippen LogP contribution in [-0.2, 0) is 0 Å². The standard InChI is InChI=1S/C12H17FN2/c1-3-4-5-6-12(14-2)10-7-8-15-9-11(10)13/h3,7-9,12,14H,1,4-6H2,2H3. The highest BCUT2D eigenvalue weighted by atomic mass is 19.1. The third kappa shape index (κ3) is 3.44. The van der Waals surface area contributed by atoms with E-state index in [9.17, 15) is 4.39 Å². The van der Waals surface area contributed by atoms with Crippen LogP contribution >= 0.6 is 0 Å². The Balaban J connectivity index is 2.65. The molecule has 1 unspecified atom stereocenters. The number of allylic oxidation sites excluding steroid dienone is 1. The van der Waals surface area contributed by atoms with Crippen LogP contribution in [0.2, 0.25) is 0 Å². The van der Waals surface area contributed by atoms with Crippen molar-refractivity contribution in [3.63, 3.8) is 0 Å². The first-order valence-electron chi connectivity index (χ1n) is 5.17. The number of hydrogen-bond acceptors (Lipinski definition) is 2. The van der Waals surface area contributed by atoms with E-state index in [1.54, 1.807) is 12.3 Å². The minimum atomic E-state index is -0.240. The monoisotopic (exact) mass is 208 g/mol. The molecule has 1 heterocycles. The molecule has 0 aromatic carbocycles. The van der Waals surface area contributed by atoms with Crippen molar-refractivity contribution in [3.8, 4) is 0 Å². The Morgan fingerprint density at radius 3 is 3.07 bits per heavy atom. The van der Waals surface area contributed by atoms with Crippen LogP contribution in [0.15, 0.2) is 31.1 Å². The van der Waals surface area contributed by atoms with Crippen LogP contribution in [0, 0.1) is 5.82 Å². The Bertz CT molecular complexity index is 312. The summed E-state index contributed by atoms with van der Waals surface area (Å²) in [5, 5.41) is 3.12. The van der Waals surface area contributed by atoms with Gasteiger partial charge in [-0.2, -0.15) is 0 Å². The molecular formula is C12H17FN2. The molecular weight excluding hydrogens is 191 g/mol. The van der Waals surface area contributed by atoms with Gasteiger partial charge in [0, 0.05) is 17.8 Å². The number of pyridine rings is 1. The van der Waals surface area contributed by atoms with Gasteiger partial charge < -0.3 is 5.32 Å². The Morgan fingerprint density at radius 1 is 1.67 bits per heavy atom. The molecule has 0 amide bonds. The fraction of sp³-hybridized carbons (Fsp3) is 0.417. The van der Waals surface area contributed by atoms with Crippen LogP contribution in [0.5, 0.6) is 0 Å². The minimum Gasteiger partial charge on any atom is -0.313 e. The van der Waals surface area contributed by atoms with Crippen molar-refractivity contribution in [2.45, 2.75) is 25.3 Å². The summed E-state index contributed by atoms with van der Waals surface area (Å²) in [4.78, 5) is 3.74. The molecule has 2 nitrogen and oxygen atoms in total. The molecule has 1 N–H and O–H groups in total. The van der Waals surface area contributed by atoms with Gasteiger partial charge in [-0.25, -0.2) is 4.39 Å². The van der Waals surface area contributed by atoms with E-state index in [1.165, 1.54) is 6.20 Å². The van der Waals surface area contributed by atoms with Crippen molar-refractivity contribution in [1.82, 2.24) is 10.3 Å². The summed E-state index contributed by atoms with van der Waals surface area (Å²) < 4.78 is 13.4. The Kier molecular flexibility index (Phi) is 4.98. The lowest BCUT2D eigenvalue weighted by Gasteiger charge is -2.16. The highest BCUT2D eigenvalue weighted by Crippen LogP contribution is 2.20. The van der Waals surface area contributed by atoms with Crippen LogP contribution in [0.3, 0.4) is 0 Å². The number of unbranched alkanes of at least 4 members (excludes halogenated alkanes) is 1. The van der Waals surface area contributed by atoms with E-state index < -0.39 is 0 Å². The van der Waals surface area contributed by atoms with E-state index in [4.69, 9.17) is 0 Å². The second kappa shape index (κ2) is 6.30. The molecule has 3 heteroatoms. The molecule has 1 aromatic rings. The first-order chi connectivity index (χ1) is 7.29. The molecule has 1 atom stereocenters. The maximum Gasteiger partial charge on any atom is 0.146 e. The predicted molar refractivity (Wildman–Crippen MR) is 60.0 cm³/mol. The van der Waals surface area contributed by atoms with Gasteiger partial charge in [-0.1, -0.05) is 6.08 Å². The van der Waals surface area contributed by atoms with Crippen molar-refractivity contribution in [2.75, 3.05) is 7.05 Å². The summed E-state index contributed by atoms with van der Waals surface area (Å²) >= 11 is 0. The third-order valence-electron chi connectivity index (χ3n) is 2.43. The second-order valence-corrected chi connectivity index (χ2v) is 3.46. The van der Waals surface area contributed by atoms with Crippen molar-refractivity contribution >= 4 is 0 Å². The van der Waals surface area contributed by atoms with Gasteiger partial charge in [0.25, 0.3) is 0 Å². The number of halogens is 1. The second-order valence-electron chi connectivity index (χ2n) is 3.46. The van der Waals surface area contributed by atoms with E-state index in [2.05, 4.69) is 16.9 Å². The van der Waals surface area contributed by atoms with Gasteiger partial charge in [0.15, 0.2) is 0 Å². The molecule has 82 valence electrons. The molecule has 0 saturated carbocycles. The van der Waals surface area contributed by atoms with Crippen LogP contribution in [-0.4, -0.2) is 12.0 Å². The van der Waals surface area contributed by atoms with Crippen LogP contribution in [0.25, 0.3) is 0 Å². The van der Waals surface area contributed by atoms with Gasteiger partial charge >= 0.3 is 0 Å². The van der Waals surface area contributed by atoms with E-state index >= 15 is 0 Å². The molecule has 0 bridgehead atoms. The quantitative estimate of drug-likeness (QED) is 0.574. The minimum absolute atomic E-state index is 0.0629. The van der Waals surface area contributed by atoms with E-state index in [0.29, 0.717) is 5.56 Å². The van der Waals surface area contributed by atoms with Gasteiger partial charge in [0.05, 0.1) is 6.20 Å². The van der Waals surface area contributed by atoms with E-state index in [1.807, 2.05) is 13.1 Å². The number of hydrogen-bond donors (Lipinski definition) is 1. The average molecular weight is 208 g/mol. The summed E-state index contributed by atoms with van der Waals surface area (Å²) in [5.41, 5.74) is 0.691. The van der Waals surface area contributed by atoms with Gasteiger partial charge in [-0.05, 0) is 32.4 Å². The molecule has 0 aliphatic rings. The van der Waals surface area contributed by atoms with Crippen molar-refractivity contribution < 1.29 is 4.39 Å². The normalized spacial score (nSPS) is 12.4. The first-order valence-corrected chi connectivity index (χ1v) is 5.17. The number of nitrogens with zero attached hydrogens (tertiary/aromatic N) is 1. The molecule has 0 fully saturated rings. The predicted octanol–water partition coefficient (Wildman–Crippen LogP) is 2.84. The molecule has 1 aromatic heterocycles. The van der Waals surface area contributed by atoms with Gasteiger partial charge in [0.2, 0.25) is 0 Å². The summed E-state index contributed by atoms with van der Waals surface area (Å²) in [7, 11) is 1.85. The summed E-state index contributed by atoms with van der Waals surface area (Å²) in [6.07, 6.45) is 7.64. The molecule has 0 aliphatic carbocycles. The van der Waals surface area contributed by atoms with E-state index in [-0.39, 0.29) is 11.9 Å². The van der Waals surface area contributed by atoms with Crippen molar-refractivity contribution in [2.24, 2.45) is 0 Å². The lowest BCUT2D eigenvalue weighted by molar-refractivity contribution is 0.494. The molecule has 0 radical (unpaired) electrons. The van der Waals surface area contributed by atoms with Gasteiger partial charge in [-0.3, -0.25) is 4.98 Å². The SMILES string of the molecule is C=CCCCC(NC)c1ccncc1F. The zero-order valence-electron chi connectivity index (χ0n) is 9.04. The summed E-state index contributed by atoms with van der Waals surface area (Å²) in [6.45, 7) is 3.67. The Morgan fingerprint density at radius 2 is 2.47 bits per heavy atom. The largest absolute Gasteiger partial charge is 0.313 e. The van der Waals surface area contributed by atoms with Gasteiger partial charge in [0.1, 0.15) is 5.82 Å². The smallest absolute Gasteiger partial charge is 0.146 e. The highest BCUT2D eigenvalue weighted by Gasteiger charge is 2.12. The number of nitrogens with one attached hydrogen (secondary N) is 1. The van der Waals surface area contributed by atoms with Crippen LogP contribution < -0.4 is 5.32 Å². The lowest BCUT2D eigenvalue weighted by atomic mass is 10.0. The van der Waals surface area contributed by atoms with Crippen LogP contribution in [0.1, 0.15) is 30.9 Å². The van der Waals surface area contributed by atoms with E-state index in [0.717, 1.165) is 19.3 Å². The van der Waals surface area contributed by atoms with Crippen molar-refractivity contribution in [1.29, 1.82) is 0 Å². The molecule has 0 spiro atoms. The number of aromatic nitrogens is 1. The lowest BCUT2D eigenvalue weighted by Crippen LogP contribution is -2.17. The number of rotatable bonds is 6. The summed E-state index contributed by atoms with van der Waals surface area (Å²) in [5.74, 6) is -0.240. The average Bonchev–Trinajstić information content (AvgIpc) is 2.26. The fourth-order valence-electron chi connectivity index (χ4n) is 1.59. The maximum absolute atomic E-state index is 13.4.